The Bertz CT molecular complexity index is 1040. The first-order chi connectivity index (χ1) is 15.0. The van der Waals surface area contributed by atoms with Crippen LogP contribution in [0.2, 0.25) is 10.0 Å². The van der Waals surface area contributed by atoms with Crippen molar-refractivity contribution in [2.75, 3.05) is 6.61 Å². The molecule has 1 aromatic heterocycles. The van der Waals surface area contributed by atoms with Gasteiger partial charge in [0.2, 0.25) is 5.88 Å². The van der Waals surface area contributed by atoms with E-state index in [9.17, 15) is 0 Å². The Morgan fingerprint density at radius 1 is 1.29 bits per heavy atom. The first-order valence-electron chi connectivity index (χ1n) is 9.17. The number of aromatic nitrogens is 1. The number of rotatable bonds is 7. The maximum absolute atomic E-state index is 6.23. The molecule has 1 aliphatic rings. The third-order valence-corrected chi connectivity index (χ3v) is 4.54. The van der Waals surface area contributed by atoms with Crippen LogP contribution < -0.4 is 27.4 Å². The number of benzene rings is 1. The van der Waals surface area contributed by atoms with Crippen LogP contribution >= 0.6 is 23.2 Å². The molecular formula is C20H21Cl2N7O2. The summed E-state index contributed by atoms with van der Waals surface area (Å²) >= 11 is 12.1. The summed E-state index contributed by atoms with van der Waals surface area (Å²) < 4.78 is 5.71. The molecule has 3 rings (SSSR count). The molecule has 1 atom stereocenters. The Hall–Kier alpha value is -3.27. The summed E-state index contributed by atoms with van der Waals surface area (Å²) in [5.41, 5.74) is 21.0. The predicted octanol–water partition coefficient (Wildman–Crippen LogP) is 2.27. The largest absolute Gasteiger partial charge is 0.439 e. The number of nitrogens with zero attached hydrogens (tertiary/aromatic N) is 3. The number of halogens is 2. The van der Waals surface area contributed by atoms with Crippen LogP contribution in [-0.4, -0.2) is 29.3 Å². The van der Waals surface area contributed by atoms with Gasteiger partial charge in [-0.15, -0.1) is 0 Å². The number of para-hydroxylation sites is 1. The van der Waals surface area contributed by atoms with Crippen LogP contribution in [-0.2, 0) is 11.3 Å². The van der Waals surface area contributed by atoms with Gasteiger partial charge in [0, 0.05) is 12.6 Å². The molecule has 7 N–H and O–H groups in total. The molecule has 2 aromatic rings. The van der Waals surface area contributed by atoms with Gasteiger partial charge >= 0.3 is 0 Å². The van der Waals surface area contributed by atoms with Crippen molar-refractivity contribution in [1.29, 1.82) is 0 Å². The number of nitrogens with two attached hydrogens (primary N) is 3. The van der Waals surface area contributed by atoms with E-state index >= 15 is 0 Å². The van der Waals surface area contributed by atoms with Gasteiger partial charge in [0.15, 0.2) is 11.5 Å². The Morgan fingerprint density at radius 2 is 2.06 bits per heavy atom. The topological polar surface area (TPSA) is 146 Å². The molecule has 11 heteroatoms. The minimum atomic E-state index is -0.316. The second-order valence-electron chi connectivity index (χ2n) is 6.35. The summed E-state index contributed by atoms with van der Waals surface area (Å²) in [5.74, 6) is 0.832. The van der Waals surface area contributed by atoms with Crippen molar-refractivity contribution in [2.45, 2.75) is 12.5 Å². The minimum Gasteiger partial charge on any atom is -0.439 e. The minimum absolute atomic E-state index is 0.0299. The van der Waals surface area contributed by atoms with E-state index in [1.807, 2.05) is 18.2 Å². The first-order valence-corrected chi connectivity index (χ1v) is 9.93. The van der Waals surface area contributed by atoms with E-state index in [4.69, 9.17) is 50.0 Å². The van der Waals surface area contributed by atoms with E-state index in [-0.39, 0.29) is 35.9 Å². The van der Waals surface area contributed by atoms with Gasteiger partial charge in [-0.3, -0.25) is 14.8 Å². The molecule has 0 saturated carbocycles. The molecule has 0 bridgehead atoms. The van der Waals surface area contributed by atoms with Crippen molar-refractivity contribution in [3.05, 3.63) is 82.2 Å². The van der Waals surface area contributed by atoms with E-state index in [0.717, 1.165) is 0 Å². The van der Waals surface area contributed by atoms with Crippen LogP contribution in [0.15, 0.2) is 76.4 Å². The predicted molar refractivity (Wildman–Crippen MR) is 122 cm³/mol. The van der Waals surface area contributed by atoms with E-state index in [2.05, 4.69) is 20.4 Å². The smallest absolute Gasteiger partial charge is 0.220 e. The number of ether oxygens (including phenoxy) is 1. The summed E-state index contributed by atoms with van der Waals surface area (Å²) in [4.78, 5) is 18.7. The molecule has 0 spiro atoms. The molecule has 0 fully saturated rings. The van der Waals surface area contributed by atoms with Crippen LogP contribution in [0.1, 0.15) is 5.69 Å². The molecule has 2 heterocycles. The summed E-state index contributed by atoms with van der Waals surface area (Å²) in [6.45, 7) is 0.277. The maximum Gasteiger partial charge on any atom is 0.220 e. The average Bonchev–Trinajstić information content (AvgIpc) is 2.75. The lowest BCUT2D eigenvalue weighted by atomic mass is 10.1. The average molecular weight is 462 g/mol. The fraction of sp³-hybridized carbons (Fsp3) is 0.150. The highest BCUT2D eigenvalue weighted by Gasteiger charge is 2.23. The molecule has 0 saturated heterocycles. The maximum atomic E-state index is 6.23. The number of pyridine rings is 1. The summed E-state index contributed by atoms with van der Waals surface area (Å²) in [7, 11) is 0. The Kier molecular flexibility index (Phi) is 7.71. The van der Waals surface area contributed by atoms with Gasteiger partial charge in [0.1, 0.15) is 11.6 Å². The SMILES string of the molecule is NC=CC(N)=N/C(C1=NC(Cc2ncc(Cl)cc2Cl)CON1)=C(\N)Oc1ccccc1. The number of amidine groups is 2. The molecule has 31 heavy (non-hydrogen) atoms. The highest BCUT2D eigenvalue weighted by Crippen LogP contribution is 2.22. The fourth-order valence-corrected chi connectivity index (χ4v) is 3.09. The van der Waals surface area contributed by atoms with Crippen LogP contribution in [0.3, 0.4) is 0 Å². The molecule has 0 aliphatic carbocycles. The number of hydrogen-bond acceptors (Lipinski definition) is 8. The quantitative estimate of drug-likeness (QED) is 0.280. The van der Waals surface area contributed by atoms with E-state index < -0.39 is 0 Å². The first kappa shape index (κ1) is 22.4. The lowest BCUT2D eigenvalue weighted by Gasteiger charge is -2.22. The lowest BCUT2D eigenvalue weighted by Crippen LogP contribution is -2.38. The van der Waals surface area contributed by atoms with E-state index in [0.29, 0.717) is 27.9 Å². The van der Waals surface area contributed by atoms with Crippen molar-refractivity contribution < 1.29 is 9.57 Å². The standard InChI is InChI=1S/C20H21Cl2N7O2/c21-12-8-15(22)16(26-10-12)9-13-11-30-29-20(27-13)18(28-17(24)6-7-23)19(25)31-14-4-2-1-3-5-14/h1-8,10,13H,9,11,23,25H2,(H2,24,28)(H,27,29)/b7-6?,19-18+. The van der Waals surface area contributed by atoms with Gasteiger partial charge in [0.25, 0.3) is 0 Å². The van der Waals surface area contributed by atoms with Crippen LogP contribution in [0.4, 0.5) is 0 Å². The highest BCUT2D eigenvalue weighted by atomic mass is 35.5. The normalized spacial score (nSPS) is 17.7. The van der Waals surface area contributed by atoms with Crippen LogP contribution in [0.25, 0.3) is 0 Å². The lowest BCUT2D eigenvalue weighted by molar-refractivity contribution is 0.0618. The second kappa shape index (κ2) is 10.7. The van der Waals surface area contributed by atoms with Crippen molar-refractivity contribution in [2.24, 2.45) is 27.2 Å². The number of hydrogen-bond donors (Lipinski definition) is 4. The molecule has 1 aromatic carbocycles. The highest BCUT2D eigenvalue weighted by molar-refractivity contribution is 6.34. The van der Waals surface area contributed by atoms with Crippen molar-refractivity contribution >= 4 is 34.9 Å². The molecule has 0 radical (unpaired) electrons. The second-order valence-corrected chi connectivity index (χ2v) is 7.20. The number of nitrogens with one attached hydrogen (secondary N) is 1. The Labute approximate surface area is 189 Å². The van der Waals surface area contributed by atoms with Gasteiger partial charge in [-0.2, -0.15) is 0 Å². The van der Waals surface area contributed by atoms with Gasteiger partial charge in [-0.1, -0.05) is 41.4 Å². The van der Waals surface area contributed by atoms with Crippen LogP contribution in [0.5, 0.6) is 5.75 Å². The molecular weight excluding hydrogens is 441 g/mol. The van der Waals surface area contributed by atoms with Gasteiger partial charge < -0.3 is 21.9 Å². The number of hydroxylamine groups is 1. The zero-order valence-electron chi connectivity index (χ0n) is 16.3. The summed E-state index contributed by atoms with van der Waals surface area (Å²) in [5, 5.41) is 0.897. The zero-order valence-corrected chi connectivity index (χ0v) is 17.8. The number of aliphatic imine (C=N–C) groups is 2. The monoisotopic (exact) mass is 461 g/mol. The Morgan fingerprint density at radius 3 is 2.77 bits per heavy atom. The third kappa shape index (κ3) is 6.35. The van der Waals surface area contributed by atoms with Gasteiger partial charge in [0.05, 0.1) is 28.4 Å². The van der Waals surface area contributed by atoms with Crippen LogP contribution in [0, 0.1) is 0 Å². The van der Waals surface area contributed by atoms with Gasteiger partial charge in [-0.05, 0) is 30.5 Å². The van der Waals surface area contributed by atoms with E-state index in [1.54, 1.807) is 18.2 Å². The summed E-state index contributed by atoms with van der Waals surface area (Å²) in [6.07, 6.45) is 4.61. The Balaban J connectivity index is 1.93. The molecule has 1 aliphatic heterocycles. The third-order valence-electron chi connectivity index (χ3n) is 4.01. The van der Waals surface area contributed by atoms with Gasteiger partial charge in [-0.25, -0.2) is 10.5 Å². The molecule has 0 amide bonds. The van der Waals surface area contributed by atoms with Crippen molar-refractivity contribution in [1.82, 2.24) is 10.5 Å². The van der Waals surface area contributed by atoms with Crippen molar-refractivity contribution in [3.8, 4) is 5.75 Å². The summed E-state index contributed by atoms with van der Waals surface area (Å²) in [6, 6.07) is 10.3. The molecule has 9 nitrogen and oxygen atoms in total. The molecule has 162 valence electrons. The van der Waals surface area contributed by atoms with Crippen molar-refractivity contribution in [3.63, 3.8) is 0 Å². The van der Waals surface area contributed by atoms with E-state index in [1.165, 1.54) is 18.5 Å². The fourth-order valence-electron chi connectivity index (χ4n) is 2.64. The zero-order chi connectivity index (χ0) is 22.2. The molecule has 1 unspecified atom stereocenters.